The van der Waals surface area contributed by atoms with Gasteiger partial charge >= 0.3 is 5.97 Å². The number of benzene rings is 2. The van der Waals surface area contributed by atoms with Crippen LogP contribution in [-0.4, -0.2) is 43.9 Å². The first kappa shape index (κ1) is 17.6. The van der Waals surface area contributed by atoms with E-state index in [1.807, 2.05) is 18.2 Å². The molecule has 0 radical (unpaired) electrons. The molecule has 27 heavy (non-hydrogen) atoms. The molecule has 2 N–H and O–H groups in total. The topological polar surface area (TPSA) is 61.8 Å². The average molecular weight is 364 g/mol. The van der Waals surface area contributed by atoms with Gasteiger partial charge in [-0.05, 0) is 65.9 Å². The Kier molecular flexibility index (Phi) is 4.86. The maximum absolute atomic E-state index is 11.0. The van der Waals surface area contributed by atoms with Gasteiger partial charge < -0.3 is 20.1 Å². The minimum absolute atomic E-state index is 0.576. The number of nitrogens with one attached hydrogen (secondary N) is 1. The van der Waals surface area contributed by atoms with E-state index in [0.29, 0.717) is 11.8 Å². The number of fused-ring (bicyclic) bond motifs is 3. The lowest BCUT2D eigenvalue weighted by molar-refractivity contribution is -0.131. The van der Waals surface area contributed by atoms with Gasteiger partial charge in [-0.2, -0.15) is 0 Å². The van der Waals surface area contributed by atoms with Crippen LogP contribution in [-0.2, 0) is 11.2 Å². The lowest BCUT2D eigenvalue weighted by atomic mass is 9.97. The maximum atomic E-state index is 11.0. The van der Waals surface area contributed by atoms with E-state index in [0.717, 1.165) is 42.7 Å². The summed E-state index contributed by atoms with van der Waals surface area (Å²) in [6.07, 6.45) is 5.07. The second kappa shape index (κ2) is 7.45. The van der Waals surface area contributed by atoms with Gasteiger partial charge in [0.1, 0.15) is 5.75 Å². The smallest absolute Gasteiger partial charge is 0.328 e. The summed E-state index contributed by atoms with van der Waals surface area (Å²) < 4.78 is 5.31. The Balaban J connectivity index is 1.74. The van der Waals surface area contributed by atoms with E-state index in [-0.39, 0.29) is 0 Å². The van der Waals surface area contributed by atoms with Crippen LogP contribution >= 0.6 is 0 Å². The fourth-order valence-corrected chi connectivity index (χ4v) is 4.12. The number of rotatable bonds is 4. The molecule has 0 saturated carbocycles. The van der Waals surface area contributed by atoms with Crippen LogP contribution in [0.25, 0.3) is 17.2 Å². The SMILES string of the molecule is COc1ccc(-c2ccc3c(c2)N2CCNCCC2C3)c(/C=C\C(=O)O)c1. The summed E-state index contributed by atoms with van der Waals surface area (Å²) in [4.78, 5) is 13.5. The summed E-state index contributed by atoms with van der Waals surface area (Å²) in [6, 6.07) is 13.0. The van der Waals surface area contributed by atoms with Crippen molar-refractivity contribution in [3.63, 3.8) is 0 Å². The number of hydrogen-bond donors (Lipinski definition) is 2. The highest BCUT2D eigenvalue weighted by Gasteiger charge is 2.30. The van der Waals surface area contributed by atoms with Crippen LogP contribution in [0.3, 0.4) is 0 Å². The highest BCUT2D eigenvalue weighted by Crippen LogP contribution is 2.38. The first-order chi connectivity index (χ1) is 13.2. The van der Waals surface area contributed by atoms with Crippen LogP contribution in [0, 0.1) is 0 Å². The third-order valence-corrected chi connectivity index (χ3v) is 5.45. The highest BCUT2D eigenvalue weighted by molar-refractivity contribution is 5.88. The predicted molar refractivity (Wildman–Crippen MR) is 107 cm³/mol. The number of ether oxygens (including phenoxy) is 1. The minimum atomic E-state index is -0.961. The first-order valence-corrected chi connectivity index (χ1v) is 9.35. The Morgan fingerprint density at radius 1 is 1.26 bits per heavy atom. The third kappa shape index (κ3) is 3.55. The number of carboxylic acid groups (broad SMARTS) is 1. The van der Waals surface area contributed by atoms with E-state index in [4.69, 9.17) is 9.84 Å². The fourth-order valence-electron chi connectivity index (χ4n) is 4.12. The van der Waals surface area contributed by atoms with Gasteiger partial charge in [0.2, 0.25) is 0 Å². The molecule has 2 aromatic carbocycles. The molecular weight excluding hydrogens is 340 g/mol. The Bertz CT molecular complexity index is 891. The Hall–Kier alpha value is -2.79. The molecule has 2 aromatic rings. The molecule has 5 heteroatoms. The van der Waals surface area contributed by atoms with E-state index in [9.17, 15) is 4.79 Å². The van der Waals surface area contributed by atoms with Crippen LogP contribution in [0.1, 0.15) is 17.5 Å². The number of hydrogen-bond acceptors (Lipinski definition) is 4. The van der Waals surface area contributed by atoms with Crippen LogP contribution in [0.5, 0.6) is 5.75 Å². The van der Waals surface area contributed by atoms with Gasteiger partial charge in [0.25, 0.3) is 0 Å². The molecule has 5 nitrogen and oxygen atoms in total. The number of anilines is 1. The van der Waals surface area contributed by atoms with Gasteiger partial charge in [0.15, 0.2) is 0 Å². The minimum Gasteiger partial charge on any atom is -0.497 e. The van der Waals surface area contributed by atoms with Crippen molar-refractivity contribution in [1.82, 2.24) is 5.32 Å². The van der Waals surface area contributed by atoms with Crippen molar-refractivity contribution in [2.24, 2.45) is 0 Å². The number of methoxy groups -OCH3 is 1. The van der Waals surface area contributed by atoms with Crippen LogP contribution in [0.4, 0.5) is 5.69 Å². The lowest BCUT2D eigenvalue weighted by Gasteiger charge is -2.25. The Morgan fingerprint density at radius 2 is 2.15 bits per heavy atom. The summed E-state index contributed by atoms with van der Waals surface area (Å²) >= 11 is 0. The van der Waals surface area contributed by atoms with E-state index >= 15 is 0 Å². The molecule has 2 heterocycles. The quantitative estimate of drug-likeness (QED) is 0.816. The molecule has 1 fully saturated rings. The maximum Gasteiger partial charge on any atom is 0.328 e. The van der Waals surface area contributed by atoms with E-state index in [1.165, 1.54) is 23.7 Å². The highest BCUT2D eigenvalue weighted by atomic mass is 16.5. The fraction of sp³-hybridized carbons (Fsp3) is 0.318. The zero-order valence-electron chi connectivity index (χ0n) is 15.4. The van der Waals surface area contributed by atoms with Gasteiger partial charge in [0, 0.05) is 30.9 Å². The molecule has 140 valence electrons. The molecule has 0 aliphatic carbocycles. The largest absolute Gasteiger partial charge is 0.497 e. The van der Waals surface area contributed by atoms with Crippen molar-refractivity contribution in [3.05, 3.63) is 53.6 Å². The van der Waals surface area contributed by atoms with Crippen molar-refractivity contribution in [3.8, 4) is 16.9 Å². The van der Waals surface area contributed by atoms with Crippen molar-refractivity contribution in [1.29, 1.82) is 0 Å². The molecule has 2 aliphatic rings. The average Bonchev–Trinajstić information content (AvgIpc) is 2.85. The second-order valence-corrected chi connectivity index (χ2v) is 7.06. The molecule has 2 aliphatic heterocycles. The second-order valence-electron chi connectivity index (χ2n) is 7.06. The monoisotopic (exact) mass is 364 g/mol. The molecule has 0 amide bonds. The summed E-state index contributed by atoms with van der Waals surface area (Å²) in [6.45, 7) is 3.11. The summed E-state index contributed by atoms with van der Waals surface area (Å²) in [5.41, 5.74) is 5.66. The molecular formula is C22H24N2O3. The normalized spacial score (nSPS) is 18.9. The van der Waals surface area contributed by atoms with E-state index < -0.39 is 5.97 Å². The molecule has 0 aromatic heterocycles. The summed E-state index contributed by atoms with van der Waals surface area (Å²) in [5, 5.41) is 12.5. The summed E-state index contributed by atoms with van der Waals surface area (Å²) in [7, 11) is 1.61. The van der Waals surface area contributed by atoms with E-state index in [2.05, 4.69) is 28.4 Å². The molecule has 1 atom stereocenters. The van der Waals surface area contributed by atoms with Crippen molar-refractivity contribution >= 4 is 17.7 Å². The lowest BCUT2D eigenvalue weighted by Crippen LogP contribution is -2.32. The van der Waals surface area contributed by atoms with Gasteiger partial charge in [-0.15, -0.1) is 0 Å². The van der Waals surface area contributed by atoms with Gasteiger partial charge in [-0.3, -0.25) is 0 Å². The van der Waals surface area contributed by atoms with Crippen LogP contribution in [0.15, 0.2) is 42.5 Å². The Labute approximate surface area is 159 Å². The number of nitrogens with zero attached hydrogens (tertiary/aromatic N) is 1. The van der Waals surface area contributed by atoms with E-state index in [1.54, 1.807) is 13.2 Å². The zero-order valence-corrected chi connectivity index (χ0v) is 15.4. The van der Waals surface area contributed by atoms with Crippen LogP contribution < -0.4 is 15.0 Å². The predicted octanol–water partition coefficient (Wildman–Crippen LogP) is 3.18. The van der Waals surface area contributed by atoms with Gasteiger partial charge in [-0.1, -0.05) is 18.2 Å². The summed E-state index contributed by atoms with van der Waals surface area (Å²) in [5.74, 6) is -0.249. The number of carboxylic acids is 1. The third-order valence-electron chi connectivity index (χ3n) is 5.45. The van der Waals surface area contributed by atoms with Crippen molar-refractivity contribution < 1.29 is 14.6 Å². The molecule has 4 rings (SSSR count). The standard InChI is InChI=1S/C22H24N2O3/c1-27-19-5-6-20(15(13-19)4-7-22(25)26)16-2-3-17-12-18-8-9-23-10-11-24(18)21(17)14-16/h2-7,13-14,18,23H,8-12H2,1H3,(H,25,26)/b7-4-. The van der Waals surface area contributed by atoms with Crippen molar-refractivity contribution in [2.75, 3.05) is 31.6 Å². The van der Waals surface area contributed by atoms with Crippen LogP contribution in [0.2, 0.25) is 0 Å². The molecule has 0 spiro atoms. The Morgan fingerprint density at radius 3 is 2.96 bits per heavy atom. The van der Waals surface area contributed by atoms with Crippen molar-refractivity contribution in [2.45, 2.75) is 18.9 Å². The zero-order chi connectivity index (χ0) is 18.8. The van der Waals surface area contributed by atoms with Gasteiger partial charge in [0.05, 0.1) is 7.11 Å². The van der Waals surface area contributed by atoms with Gasteiger partial charge in [-0.25, -0.2) is 4.79 Å². The first-order valence-electron chi connectivity index (χ1n) is 9.35. The number of carbonyl (C=O) groups is 1. The molecule has 1 unspecified atom stereocenters. The number of aliphatic carboxylic acids is 1. The molecule has 0 bridgehead atoms. The molecule has 1 saturated heterocycles.